The Hall–Kier alpha value is -1.89. The Morgan fingerprint density at radius 2 is 1.50 bits per heavy atom. The number of esters is 1. The summed E-state index contributed by atoms with van der Waals surface area (Å²) in [5, 5.41) is 13.4. The summed E-state index contributed by atoms with van der Waals surface area (Å²) in [6.45, 7) is 3.67. The first-order valence-corrected chi connectivity index (χ1v) is 14.1. The van der Waals surface area contributed by atoms with Gasteiger partial charge in [0.15, 0.2) is 0 Å². The van der Waals surface area contributed by atoms with Gasteiger partial charge in [-0.1, -0.05) is 38.5 Å². The molecule has 34 heavy (non-hydrogen) atoms. The van der Waals surface area contributed by atoms with E-state index in [1.165, 1.54) is 48.3 Å². The molecule has 1 amide bonds. The minimum atomic E-state index is -0.870. The molecule has 4 atom stereocenters. The summed E-state index contributed by atoms with van der Waals surface area (Å²) in [5.41, 5.74) is 1.54. The van der Waals surface area contributed by atoms with E-state index < -0.39 is 17.8 Å². The maximum absolute atomic E-state index is 13.4. The molecular weight excluding hydrogens is 450 g/mol. The zero-order valence-corrected chi connectivity index (χ0v) is 21.4. The van der Waals surface area contributed by atoms with Gasteiger partial charge >= 0.3 is 11.9 Å². The van der Waals surface area contributed by atoms with Gasteiger partial charge in [-0.05, 0) is 76.2 Å². The number of thiophene rings is 1. The van der Waals surface area contributed by atoms with Crippen LogP contribution in [0.1, 0.15) is 105 Å². The van der Waals surface area contributed by atoms with Gasteiger partial charge < -0.3 is 15.2 Å². The highest BCUT2D eigenvalue weighted by Gasteiger charge is 2.54. The lowest BCUT2D eigenvalue weighted by Gasteiger charge is -2.27. The van der Waals surface area contributed by atoms with E-state index in [-0.39, 0.29) is 29.8 Å². The molecule has 7 heteroatoms. The molecule has 4 rings (SSSR count). The lowest BCUT2D eigenvalue weighted by atomic mass is 9.78. The molecular formula is C27H39NO5S. The van der Waals surface area contributed by atoms with Gasteiger partial charge in [0.1, 0.15) is 5.00 Å². The van der Waals surface area contributed by atoms with Gasteiger partial charge in [-0.25, -0.2) is 4.79 Å². The van der Waals surface area contributed by atoms with Gasteiger partial charge in [-0.3, -0.25) is 9.59 Å². The first-order valence-electron chi connectivity index (χ1n) is 13.3. The van der Waals surface area contributed by atoms with Crippen molar-refractivity contribution in [2.24, 2.45) is 23.7 Å². The van der Waals surface area contributed by atoms with Crippen molar-refractivity contribution in [3.8, 4) is 0 Å². The van der Waals surface area contributed by atoms with Crippen LogP contribution in [0.25, 0.3) is 0 Å². The topological polar surface area (TPSA) is 92.7 Å². The van der Waals surface area contributed by atoms with Gasteiger partial charge in [-0.2, -0.15) is 0 Å². The van der Waals surface area contributed by atoms with Crippen molar-refractivity contribution in [2.75, 3.05) is 5.32 Å². The maximum atomic E-state index is 13.4. The average Bonchev–Trinajstić information content (AvgIpc) is 3.46. The number of carboxylic acids is 1. The molecule has 0 aromatic carbocycles. The SMILES string of the molecule is CC(C)OC(=O)c1c(NC(=O)[C@H]2[C@H]3CC[C@@H](C3)[C@@H]2C(=O)O)sc2c1CCCCCCCCCC2. The number of carboxylic acid groups (broad SMARTS) is 1. The van der Waals surface area contributed by atoms with Crippen molar-refractivity contribution in [1.82, 2.24) is 0 Å². The van der Waals surface area contributed by atoms with E-state index in [4.69, 9.17) is 4.74 Å². The molecule has 0 aliphatic heterocycles. The van der Waals surface area contributed by atoms with E-state index in [0.717, 1.165) is 56.9 Å². The highest BCUT2D eigenvalue weighted by molar-refractivity contribution is 7.17. The van der Waals surface area contributed by atoms with Gasteiger partial charge in [-0.15, -0.1) is 11.3 Å². The summed E-state index contributed by atoms with van der Waals surface area (Å²) < 4.78 is 5.61. The van der Waals surface area contributed by atoms with Gasteiger partial charge in [0, 0.05) is 4.88 Å². The minimum absolute atomic E-state index is 0.0903. The van der Waals surface area contributed by atoms with Crippen molar-refractivity contribution in [1.29, 1.82) is 0 Å². The van der Waals surface area contributed by atoms with Crippen LogP contribution >= 0.6 is 11.3 Å². The van der Waals surface area contributed by atoms with Gasteiger partial charge in [0.25, 0.3) is 0 Å². The number of nitrogens with one attached hydrogen (secondary N) is 1. The number of carbonyl (C=O) groups is 3. The number of anilines is 1. The Kier molecular flexibility index (Phi) is 8.33. The normalized spacial score (nSPS) is 27.5. The lowest BCUT2D eigenvalue weighted by molar-refractivity contribution is -0.148. The number of aliphatic carboxylic acids is 1. The first kappa shape index (κ1) is 25.2. The fourth-order valence-corrected chi connectivity index (χ4v) is 7.70. The molecule has 0 saturated heterocycles. The molecule has 188 valence electrons. The number of amides is 1. The largest absolute Gasteiger partial charge is 0.481 e. The molecule has 2 saturated carbocycles. The van der Waals surface area contributed by atoms with Crippen LogP contribution in [0, 0.1) is 23.7 Å². The third-order valence-corrected chi connectivity index (χ3v) is 9.17. The lowest BCUT2D eigenvalue weighted by Crippen LogP contribution is -2.38. The van der Waals surface area contributed by atoms with E-state index in [1.54, 1.807) is 0 Å². The van der Waals surface area contributed by atoms with Crippen molar-refractivity contribution < 1.29 is 24.2 Å². The van der Waals surface area contributed by atoms with Crippen molar-refractivity contribution in [3.63, 3.8) is 0 Å². The Balaban J connectivity index is 1.63. The Bertz CT molecular complexity index is 907. The highest BCUT2D eigenvalue weighted by Crippen LogP contribution is 2.53. The van der Waals surface area contributed by atoms with Crippen molar-refractivity contribution >= 4 is 34.2 Å². The molecule has 1 aromatic heterocycles. The predicted molar refractivity (Wildman–Crippen MR) is 133 cm³/mol. The third kappa shape index (κ3) is 5.50. The van der Waals surface area contributed by atoms with Crippen molar-refractivity contribution in [2.45, 2.75) is 103 Å². The first-order chi connectivity index (χ1) is 16.4. The fraction of sp³-hybridized carbons (Fsp3) is 0.741. The summed E-state index contributed by atoms with van der Waals surface area (Å²) in [4.78, 5) is 39.8. The Morgan fingerprint density at radius 1 is 0.912 bits per heavy atom. The third-order valence-electron chi connectivity index (χ3n) is 7.96. The number of carbonyl (C=O) groups excluding carboxylic acids is 2. The standard InChI is InChI=1S/C27H39NO5S/c1-16(2)33-27(32)23-19-11-9-7-5-3-4-6-8-10-12-20(19)34-25(23)28-24(29)21-17-13-14-18(15-17)22(21)26(30)31/h16-18,21-22H,3-15H2,1-2H3,(H,28,29)(H,30,31)/t17-,18-,21-,22-/m0/s1. The molecule has 2 bridgehead atoms. The molecule has 3 aliphatic carbocycles. The fourth-order valence-electron chi connectivity index (χ4n) is 6.42. The molecule has 0 unspecified atom stereocenters. The van der Waals surface area contributed by atoms with Crippen LogP contribution in [0.2, 0.25) is 0 Å². The maximum Gasteiger partial charge on any atom is 0.341 e. The van der Waals surface area contributed by atoms with Crippen LogP contribution in [0.4, 0.5) is 5.00 Å². The van der Waals surface area contributed by atoms with E-state index >= 15 is 0 Å². The summed E-state index contributed by atoms with van der Waals surface area (Å²) >= 11 is 1.50. The Morgan fingerprint density at radius 3 is 2.12 bits per heavy atom. The quantitative estimate of drug-likeness (QED) is 0.479. The second-order valence-electron chi connectivity index (χ2n) is 10.7. The molecule has 1 aromatic rings. The molecule has 1 heterocycles. The molecule has 6 nitrogen and oxygen atoms in total. The highest BCUT2D eigenvalue weighted by atomic mass is 32.1. The smallest absolute Gasteiger partial charge is 0.341 e. The Labute approximate surface area is 206 Å². The van der Waals surface area contributed by atoms with Gasteiger partial charge in [0.2, 0.25) is 5.91 Å². The molecule has 2 N–H and O–H groups in total. The summed E-state index contributed by atoms with van der Waals surface area (Å²) in [7, 11) is 0. The average molecular weight is 490 g/mol. The van der Waals surface area contributed by atoms with Crippen LogP contribution in [-0.4, -0.2) is 29.1 Å². The van der Waals surface area contributed by atoms with E-state index in [0.29, 0.717) is 10.6 Å². The number of ether oxygens (including phenoxy) is 1. The number of hydrogen-bond donors (Lipinski definition) is 2. The number of hydrogen-bond acceptors (Lipinski definition) is 5. The van der Waals surface area contributed by atoms with E-state index in [9.17, 15) is 19.5 Å². The van der Waals surface area contributed by atoms with E-state index in [2.05, 4.69) is 5.32 Å². The minimum Gasteiger partial charge on any atom is -0.481 e. The monoisotopic (exact) mass is 489 g/mol. The predicted octanol–water partition coefficient (Wildman–Crippen LogP) is 6.22. The molecule has 3 aliphatic rings. The molecule has 0 spiro atoms. The van der Waals surface area contributed by atoms with Crippen LogP contribution < -0.4 is 5.32 Å². The van der Waals surface area contributed by atoms with Crippen LogP contribution in [0.15, 0.2) is 0 Å². The number of rotatable bonds is 5. The second kappa shape index (κ2) is 11.2. The number of fused-ring (bicyclic) bond motifs is 3. The van der Waals surface area contributed by atoms with Crippen LogP contribution in [0.5, 0.6) is 0 Å². The molecule has 0 radical (unpaired) electrons. The van der Waals surface area contributed by atoms with Crippen molar-refractivity contribution in [3.05, 3.63) is 16.0 Å². The second-order valence-corrected chi connectivity index (χ2v) is 11.8. The summed E-state index contributed by atoms with van der Waals surface area (Å²) in [6, 6.07) is 0. The van der Waals surface area contributed by atoms with E-state index in [1.807, 2.05) is 13.8 Å². The van der Waals surface area contributed by atoms with Crippen LogP contribution in [0.3, 0.4) is 0 Å². The zero-order valence-electron chi connectivity index (χ0n) is 20.6. The summed E-state index contributed by atoms with van der Waals surface area (Å²) in [6.07, 6.45) is 13.5. The summed E-state index contributed by atoms with van der Waals surface area (Å²) in [5.74, 6) is -2.41. The zero-order chi connectivity index (χ0) is 24.2. The van der Waals surface area contributed by atoms with Gasteiger partial charge in [0.05, 0.1) is 23.5 Å². The molecule has 2 fully saturated rings. The van der Waals surface area contributed by atoms with Crippen LogP contribution in [-0.2, 0) is 27.2 Å². The number of aryl methyl sites for hydroxylation is 1.